The monoisotopic (exact) mass is 430 g/mol. The molecule has 0 amide bonds. The lowest BCUT2D eigenvalue weighted by atomic mass is 10.2. The molecule has 11 heteroatoms. The molecule has 0 aliphatic carbocycles. The first-order chi connectivity index (χ1) is 13.2. The quantitative estimate of drug-likeness (QED) is 0.210. The van der Waals surface area contributed by atoms with Crippen LogP contribution in [0.1, 0.15) is 50.4 Å². The van der Waals surface area contributed by atoms with Gasteiger partial charge in [0.05, 0.1) is 5.56 Å². The summed E-state index contributed by atoms with van der Waals surface area (Å²) in [7, 11) is -4.89. The summed E-state index contributed by atoms with van der Waals surface area (Å²) in [6.07, 6.45) is 1.05. The standard InChI is InChI=1S/C17H23F5O5Si/c1-4-9-24-28(25-10-5-2,26-11-6-3)17(21,22)27-16(23)12-7-8-13(18)15(20)14(12)19/h7-8H,4-6,9-11H2,1-3H3. The molecule has 160 valence electrons. The third kappa shape index (κ3) is 5.72. The number of hydrogen-bond acceptors (Lipinski definition) is 5. The summed E-state index contributed by atoms with van der Waals surface area (Å²) in [5, 5.41) is 0. The topological polar surface area (TPSA) is 54.0 Å². The highest BCUT2D eigenvalue weighted by Gasteiger charge is 2.69. The Bertz CT molecular complexity index is 637. The van der Waals surface area contributed by atoms with Crippen LogP contribution in [0.25, 0.3) is 0 Å². The molecule has 0 aliphatic heterocycles. The number of hydrogen-bond donors (Lipinski definition) is 0. The summed E-state index contributed by atoms with van der Waals surface area (Å²) >= 11 is 0. The molecule has 0 bridgehead atoms. The Hall–Kier alpha value is -1.56. The highest BCUT2D eigenvalue weighted by atomic mass is 28.4. The molecule has 5 nitrogen and oxygen atoms in total. The number of alkyl halides is 2. The van der Waals surface area contributed by atoms with E-state index < -0.39 is 43.5 Å². The normalized spacial score (nSPS) is 12.3. The Morgan fingerprint density at radius 1 is 0.893 bits per heavy atom. The first-order valence-electron chi connectivity index (χ1n) is 8.82. The third-order valence-electron chi connectivity index (χ3n) is 3.32. The molecular weight excluding hydrogens is 407 g/mol. The van der Waals surface area contributed by atoms with Crippen molar-refractivity contribution >= 4 is 14.8 Å². The van der Waals surface area contributed by atoms with Crippen molar-refractivity contribution in [2.75, 3.05) is 19.8 Å². The molecular formula is C17H23F5O5Si. The zero-order valence-corrected chi connectivity index (χ0v) is 16.8. The number of carbonyl (C=O) groups excluding carboxylic acids is 1. The molecule has 0 fully saturated rings. The molecule has 0 N–H and O–H groups in total. The van der Waals surface area contributed by atoms with E-state index in [-0.39, 0.29) is 19.8 Å². The van der Waals surface area contributed by atoms with Crippen molar-refractivity contribution in [2.45, 2.75) is 45.8 Å². The summed E-state index contributed by atoms with van der Waals surface area (Å²) in [6, 6.07) is 0.925. The van der Waals surface area contributed by atoms with E-state index in [9.17, 15) is 26.7 Å². The average molecular weight is 430 g/mol. The first kappa shape index (κ1) is 24.5. The van der Waals surface area contributed by atoms with Gasteiger partial charge in [-0.05, 0) is 31.4 Å². The zero-order chi connectivity index (χ0) is 21.4. The Morgan fingerprint density at radius 2 is 1.36 bits per heavy atom. The van der Waals surface area contributed by atoms with Gasteiger partial charge in [-0.15, -0.1) is 0 Å². The van der Waals surface area contributed by atoms with Crippen LogP contribution in [-0.4, -0.2) is 40.3 Å². The van der Waals surface area contributed by atoms with Crippen molar-refractivity contribution < 1.29 is 44.8 Å². The van der Waals surface area contributed by atoms with Crippen LogP contribution in [0.3, 0.4) is 0 Å². The Labute approximate surface area is 161 Å². The van der Waals surface area contributed by atoms with E-state index in [0.29, 0.717) is 31.4 Å². The third-order valence-corrected chi connectivity index (χ3v) is 5.89. The molecule has 0 aliphatic rings. The minimum atomic E-state index is -4.89. The van der Waals surface area contributed by atoms with Gasteiger partial charge in [-0.25, -0.2) is 18.0 Å². The van der Waals surface area contributed by atoms with Crippen molar-refractivity contribution in [3.05, 3.63) is 35.1 Å². The molecule has 1 aromatic rings. The van der Waals surface area contributed by atoms with Crippen LogP contribution in [0.15, 0.2) is 12.1 Å². The van der Waals surface area contributed by atoms with Gasteiger partial charge in [0.2, 0.25) is 0 Å². The Balaban J connectivity index is 3.22. The molecule has 0 aromatic heterocycles. The summed E-state index contributed by atoms with van der Waals surface area (Å²) in [4.78, 5) is 12.0. The van der Waals surface area contributed by atoms with Crippen molar-refractivity contribution in [2.24, 2.45) is 0 Å². The largest absolute Gasteiger partial charge is 0.628 e. The molecule has 0 unspecified atom stereocenters. The Kier molecular flexibility index (Phi) is 9.47. The summed E-state index contributed by atoms with van der Waals surface area (Å²) in [6.45, 7) is 4.52. The van der Waals surface area contributed by atoms with Gasteiger partial charge >= 0.3 is 20.5 Å². The van der Waals surface area contributed by atoms with Crippen molar-refractivity contribution in [1.29, 1.82) is 0 Å². The van der Waals surface area contributed by atoms with Crippen molar-refractivity contribution in [3.8, 4) is 0 Å². The fraction of sp³-hybridized carbons (Fsp3) is 0.588. The maximum atomic E-state index is 14.9. The van der Waals surface area contributed by atoms with E-state index in [4.69, 9.17) is 13.3 Å². The predicted molar refractivity (Wildman–Crippen MR) is 91.2 cm³/mol. The van der Waals surface area contributed by atoms with E-state index in [0.717, 1.165) is 0 Å². The summed E-state index contributed by atoms with van der Waals surface area (Å²) in [5.74, 6) is -7.40. The van der Waals surface area contributed by atoms with Gasteiger partial charge in [0.25, 0.3) is 0 Å². The number of rotatable bonds is 12. The lowest BCUT2D eigenvalue weighted by Crippen LogP contribution is -2.63. The van der Waals surface area contributed by atoms with Gasteiger partial charge in [0.1, 0.15) is 0 Å². The minimum Gasteiger partial charge on any atom is -0.394 e. The van der Waals surface area contributed by atoms with Gasteiger partial charge in [-0.3, -0.25) is 0 Å². The van der Waals surface area contributed by atoms with Crippen LogP contribution in [0.5, 0.6) is 0 Å². The second kappa shape index (κ2) is 10.8. The molecule has 0 atom stereocenters. The average Bonchev–Trinajstić information content (AvgIpc) is 2.65. The van der Waals surface area contributed by atoms with Gasteiger partial charge in [0, 0.05) is 19.8 Å². The Morgan fingerprint density at radius 3 is 1.79 bits per heavy atom. The maximum absolute atomic E-state index is 14.9. The van der Waals surface area contributed by atoms with E-state index in [1.54, 1.807) is 20.8 Å². The molecule has 1 aromatic carbocycles. The minimum absolute atomic E-state index is 0.160. The van der Waals surface area contributed by atoms with Crippen LogP contribution >= 0.6 is 0 Å². The summed E-state index contributed by atoms with van der Waals surface area (Å²) < 4.78 is 89.6. The second-order valence-electron chi connectivity index (χ2n) is 5.73. The van der Waals surface area contributed by atoms with Crippen LogP contribution in [0.2, 0.25) is 0 Å². The molecule has 0 heterocycles. The molecule has 28 heavy (non-hydrogen) atoms. The van der Waals surface area contributed by atoms with Crippen LogP contribution in [-0.2, 0) is 18.0 Å². The highest BCUT2D eigenvalue weighted by molar-refractivity contribution is 6.63. The maximum Gasteiger partial charge on any atom is 0.628 e. The number of esters is 1. The lowest BCUT2D eigenvalue weighted by Gasteiger charge is -2.33. The number of carbonyl (C=O) groups is 1. The van der Waals surface area contributed by atoms with Gasteiger partial charge in [0.15, 0.2) is 17.5 Å². The second-order valence-corrected chi connectivity index (χ2v) is 8.29. The van der Waals surface area contributed by atoms with Crippen molar-refractivity contribution in [3.63, 3.8) is 0 Å². The van der Waals surface area contributed by atoms with E-state index in [2.05, 4.69) is 4.74 Å². The smallest absolute Gasteiger partial charge is 0.394 e. The van der Waals surface area contributed by atoms with Crippen LogP contribution in [0, 0.1) is 17.5 Å². The first-order valence-corrected chi connectivity index (χ1v) is 10.5. The summed E-state index contributed by atoms with van der Waals surface area (Å²) in [5.41, 5.74) is -5.58. The van der Waals surface area contributed by atoms with E-state index in [1.165, 1.54) is 0 Å². The molecule has 0 saturated carbocycles. The SMILES string of the molecule is CCCO[Si](OCCC)(OCCC)C(F)(F)OC(=O)c1ccc(F)c(F)c1F. The molecule has 0 spiro atoms. The molecule has 0 saturated heterocycles. The predicted octanol–water partition coefficient (Wildman–Crippen LogP) is 4.61. The zero-order valence-electron chi connectivity index (χ0n) is 15.8. The van der Waals surface area contributed by atoms with E-state index in [1.807, 2.05) is 0 Å². The molecule has 0 radical (unpaired) electrons. The number of benzene rings is 1. The lowest BCUT2D eigenvalue weighted by molar-refractivity contribution is -0.192. The molecule has 1 rings (SSSR count). The van der Waals surface area contributed by atoms with Gasteiger partial charge in [-0.1, -0.05) is 20.8 Å². The number of halogens is 5. The fourth-order valence-electron chi connectivity index (χ4n) is 2.00. The van der Waals surface area contributed by atoms with Crippen LogP contribution in [0.4, 0.5) is 22.0 Å². The van der Waals surface area contributed by atoms with E-state index >= 15 is 0 Å². The van der Waals surface area contributed by atoms with Gasteiger partial charge in [-0.2, -0.15) is 8.78 Å². The highest BCUT2D eigenvalue weighted by Crippen LogP contribution is 2.34. The number of ether oxygens (including phenoxy) is 1. The van der Waals surface area contributed by atoms with Gasteiger partial charge < -0.3 is 18.0 Å². The van der Waals surface area contributed by atoms with Crippen molar-refractivity contribution in [1.82, 2.24) is 0 Å². The fourth-order valence-corrected chi connectivity index (χ4v) is 4.39. The van der Waals surface area contributed by atoms with Crippen LogP contribution < -0.4 is 0 Å².